The Kier molecular flexibility index (Phi) is 2.87. The molecule has 1 heterocycles. The minimum absolute atomic E-state index is 0.344. The Labute approximate surface area is 151 Å². The first-order chi connectivity index (χ1) is 11.8. The van der Waals surface area contributed by atoms with Crippen LogP contribution in [0.3, 0.4) is 0 Å². The zero-order valence-corrected chi connectivity index (χ0v) is 16.2. The highest BCUT2D eigenvalue weighted by Crippen LogP contribution is 2.77. The van der Waals surface area contributed by atoms with E-state index in [4.69, 9.17) is 5.10 Å². The molecule has 1 aromatic carbocycles. The highest BCUT2D eigenvalue weighted by atomic mass is 15.1. The van der Waals surface area contributed by atoms with Crippen LogP contribution in [0, 0.1) is 29.1 Å². The number of nitrogens with zero attached hydrogens (tertiary/aromatic N) is 1. The van der Waals surface area contributed by atoms with Crippen molar-refractivity contribution in [2.45, 2.75) is 66.2 Å². The van der Waals surface area contributed by atoms with Crippen molar-refractivity contribution in [2.24, 2.45) is 22.2 Å². The van der Waals surface area contributed by atoms with Gasteiger partial charge in [0.05, 0.1) is 5.69 Å². The van der Waals surface area contributed by atoms with E-state index in [9.17, 15) is 0 Å². The number of nitrogens with one attached hydrogen (secondary N) is 1. The summed E-state index contributed by atoms with van der Waals surface area (Å²) in [5.74, 6) is 1.50. The van der Waals surface area contributed by atoms with Crippen molar-refractivity contribution in [3.63, 3.8) is 0 Å². The van der Waals surface area contributed by atoms with Gasteiger partial charge in [-0.3, -0.25) is 5.10 Å². The summed E-state index contributed by atoms with van der Waals surface area (Å²) in [6, 6.07) is 8.87. The number of fused-ring (bicyclic) bond motifs is 3. The first kappa shape index (κ1) is 15.7. The van der Waals surface area contributed by atoms with Gasteiger partial charge in [-0.1, -0.05) is 57.5 Å². The van der Waals surface area contributed by atoms with Gasteiger partial charge in [-0.15, -0.1) is 0 Å². The minimum Gasteiger partial charge on any atom is -0.281 e. The third kappa shape index (κ3) is 1.78. The van der Waals surface area contributed by atoms with E-state index in [1.165, 1.54) is 47.3 Å². The molecule has 3 aliphatic carbocycles. The zero-order valence-electron chi connectivity index (χ0n) is 16.2. The van der Waals surface area contributed by atoms with Gasteiger partial charge in [-0.25, -0.2) is 0 Å². The van der Waals surface area contributed by atoms with Crippen LogP contribution in [0.2, 0.25) is 0 Å². The lowest BCUT2D eigenvalue weighted by Gasteiger charge is -2.55. The van der Waals surface area contributed by atoms with Crippen LogP contribution in [0.5, 0.6) is 0 Å². The summed E-state index contributed by atoms with van der Waals surface area (Å²) in [4.78, 5) is 0. The fourth-order valence-corrected chi connectivity index (χ4v) is 6.94. The van der Waals surface area contributed by atoms with E-state index in [1.54, 1.807) is 0 Å². The van der Waals surface area contributed by atoms with Crippen LogP contribution in [-0.2, 0) is 6.42 Å². The monoisotopic (exact) mass is 334 g/mol. The molecule has 2 aromatic rings. The average Bonchev–Trinajstić information content (AvgIpc) is 3.20. The van der Waals surface area contributed by atoms with Crippen LogP contribution in [0.1, 0.15) is 69.7 Å². The van der Waals surface area contributed by atoms with Crippen molar-refractivity contribution in [2.75, 3.05) is 0 Å². The van der Waals surface area contributed by atoms with Crippen LogP contribution in [-0.4, -0.2) is 10.2 Å². The number of benzene rings is 1. The Hall–Kier alpha value is -1.57. The van der Waals surface area contributed by atoms with Gasteiger partial charge < -0.3 is 0 Å². The predicted octanol–water partition coefficient (Wildman–Crippen LogP) is 5.88. The van der Waals surface area contributed by atoms with Gasteiger partial charge in [0.1, 0.15) is 0 Å². The van der Waals surface area contributed by atoms with E-state index in [-0.39, 0.29) is 0 Å². The van der Waals surface area contributed by atoms with E-state index >= 15 is 0 Å². The fraction of sp³-hybridized carbons (Fsp3) is 0.609. The molecule has 0 amide bonds. The molecule has 0 saturated heterocycles. The lowest BCUT2D eigenvalue weighted by Crippen LogP contribution is -2.48. The molecule has 2 fully saturated rings. The Bertz CT molecular complexity index is 839. The Morgan fingerprint density at radius 3 is 2.52 bits per heavy atom. The lowest BCUT2D eigenvalue weighted by molar-refractivity contribution is 0.00350. The van der Waals surface area contributed by atoms with Gasteiger partial charge in [0.15, 0.2) is 0 Å². The summed E-state index contributed by atoms with van der Waals surface area (Å²) in [5, 5.41) is 8.38. The molecule has 1 aromatic heterocycles. The second kappa shape index (κ2) is 4.58. The van der Waals surface area contributed by atoms with Crippen LogP contribution < -0.4 is 0 Å². The highest BCUT2D eigenvalue weighted by Gasteiger charge is 2.69. The molecule has 2 nitrogen and oxygen atoms in total. The molecule has 2 bridgehead atoms. The lowest BCUT2D eigenvalue weighted by atomic mass is 9.49. The minimum atomic E-state index is 0.344. The van der Waals surface area contributed by atoms with E-state index in [2.05, 4.69) is 64.0 Å². The molecular formula is C23H30N2. The van der Waals surface area contributed by atoms with Crippen LogP contribution in [0.25, 0.3) is 11.3 Å². The summed E-state index contributed by atoms with van der Waals surface area (Å²) >= 11 is 0. The Balaban J connectivity index is 1.70. The van der Waals surface area contributed by atoms with Crippen molar-refractivity contribution in [1.29, 1.82) is 0 Å². The van der Waals surface area contributed by atoms with Crippen molar-refractivity contribution >= 4 is 0 Å². The molecule has 132 valence electrons. The molecule has 0 radical (unpaired) electrons. The first-order valence-electron chi connectivity index (χ1n) is 9.90. The smallest absolute Gasteiger partial charge is 0.0955 e. The van der Waals surface area contributed by atoms with Gasteiger partial charge in [0, 0.05) is 22.7 Å². The molecule has 25 heavy (non-hydrogen) atoms. The first-order valence-corrected chi connectivity index (χ1v) is 9.90. The van der Waals surface area contributed by atoms with E-state index in [0.717, 1.165) is 12.3 Å². The van der Waals surface area contributed by atoms with Gasteiger partial charge in [0.2, 0.25) is 0 Å². The normalized spacial score (nSPS) is 34.0. The molecule has 3 aliphatic rings. The third-order valence-corrected chi connectivity index (χ3v) is 8.38. The molecule has 1 N–H and O–H groups in total. The van der Waals surface area contributed by atoms with Crippen LogP contribution >= 0.6 is 0 Å². The van der Waals surface area contributed by atoms with Crippen LogP contribution in [0.4, 0.5) is 0 Å². The van der Waals surface area contributed by atoms with Crippen molar-refractivity contribution in [3.05, 3.63) is 41.1 Å². The largest absolute Gasteiger partial charge is 0.281 e. The average molecular weight is 335 g/mol. The third-order valence-electron chi connectivity index (χ3n) is 8.38. The number of H-pyrrole nitrogens is 1. The standard InChI is InChI=1S/C23H30N2/c1-14-6-8-15(9-7-14)18-17-13-21(2,3)23-11-10-16(12-23)22(4,5)20(23)19(17)25-24-18/h6-9,16,20H,10-13H2,1-5H3,(H,24,25). The summed E-state index contributed by atoms with van der Waals surface area (Å²) in [7, 11) is 0. The summed E-state index contributed by atoms with van der Waals surface area (Å²) < 4.78 is 0. The maximum atomic E-state index is 4.84. The molecule has 2 heteroatoms. The summed E-state index contributed by atoms with van der Waals surface area (Å²) in [6.45, 7) is 12.2. The number of hydrogen-bond donors (Lipinski definition) is 1. The number of hydrogen-bond acceptors (Lipinski definition) is 1. The molecule has 5 rings (SSSR count). The van der Waals surface area contributed by atoms with Gasteiger partial charge >= 0.3 is 0 Å². The number of aryl methyl sites for hydroxylation is 1. The van der Waals surface area contributed by atoms with E-state index < -0.39 is 0 Å². The number of aromatic nitrogens is 2. The van der Waals surface area contributed by atoms with Gasteiger partial charge in [0.25, 0.3) is 0 Å². The second-order valence-electron chi connectivity index (χ2n) is 10.2. The second-order valence-corrected chi connectivity index (χ2v) is 10.2. The van der Waals surface area contributed by atoms with Crippen LogP contribution in [0.15, 0.2) is 24.3 Å². The number of aromatic amines is 1. The highest BCUT2D eigenvalue weighted by molar-refractivity contribution is 5.66. The van der Waals surface area contributed by atoms with Crippen molar-refractivity contribution < 1.29 is 0 Å². The van der Waals surface area contributed by atoms with Gasteiger partial charge in [-0.2, -0.15) is 5.10 Å². The Morgan fingerprint density at radius 2 is 1.80 bits per heavy atom. The molecule has 0 aliphatic heterocycles. The Morgan fingerprint density at radius 1 is 1.08 bits per heavy atom. The quantitative estimate of drug-likeness (QED) is 0.693. The summed E-state index contributed by atoms with van der Waals surface area (Å²) in [6.07, 6.45) is 5.38. The SMILES string of the molecule is Cc1ccc(-c2n[nH]c3c2CC(C)(C)C24CCC(C2)C(C)(C)C34)cc1. The molecule has 1 spiro atoms. The summed E-state index contributed by atoms with van der Waals surface area (Å²) in [5.41, 5.74) is 7.89. The van der Waals surface area contributed by atoms with Gasteiger partial charge in [-0.05, 0) is 54.8 Å². The van der Waals surface area contributed by atoms with Crippen molar-refractivity contribution in [3.8, 4) is 11.3 Å². The van der Waals surface area contributed by atoms with E-state index in [1.807, 2.05) is 0 Å². The molecule has 2 saturated carbocycles. The predicted molar refractivity (Wildman–Crippen MR) is 103 cm³/mol. The zero-order chi connectivity index (χ0) is 17.6. The topological polar surface area (TPSA) is 28.7 Å². The maximum Gasteiger partial charge on any atom is 0.0955 e. The van der Waals surface area contributed by atoms with E-state index in [0.29, 0.717) is 22.2 Å². The molecule has 3 unspecified atom stereocenters. The molecular weight excluding hydrogens is 304 g/mol. The fourth-order valence-electron chi connectivity index (χ4n) is 6.94. The van der Waals surface area contributed by atoms with Crippen molar-refractivity contribution in [1.82, 2.24) is 10.2 Å². The molecule has 3 atom stereocenters. The maximum absolute atomic E-state index is 4.84. The number of rotatable bonds is 1.